The SMILES string of the molecule is CCCCCC/C=C\C/C=C\CCCCCCCC(=O)OCC(COC(=O)CCCCCCCCCCCCC)OC(=O)CCCCCCC/C=C\C/C=C\CCCCCC. The molecule has 0 N–H and O–H groups in total. The monoisotopic (exact) mass is 855 g/mol. The maximum Gasteiger partial charge on any atom is 0.306 e. The third-order valence-electron chi connectivity index (χ3n) is 11.3. The number of ether oxygens (including phenoxy) is 3. The predicted octanol–water partition coefficient (Wildman–Crippen LogP) is 17.1. The van der Waals surface area contributed by atoms with Gasteiger partial charge in [0.1, 0.15) is 13.2 Å². The summed E-state index contributed by atoms with van der Waals surface area (Å²) in [5, 5.41) is 0. The number of unbranched alkanes of at least 4 members (excludes halogenated alkanes) is 28. The first-order valence-corrected chi connectivity index (χ1v) is 26.1. The van der Waals surface area contributed by atoms with E-state index in [9.17, 15) is 14.4 Å². The zero-order chi connectivity index (χ0) is 44.4. The molecule has 0 aromatic heterocycles. The number of rotatable bonds is 47. The highest BCUT2D eigenvalue weighted by Crippen LogP contribution is 2.14. The van der Waals surface area contributed by atoms with Gasteiger partial charge in [-0.2, -0.15) is 0 Å². The fourth-order valence-corrected chi connectivity index (χ4v) is 7.33. The first-order chi connectivity index (χ1) is 30.0. The second-order valence-electron chi connectivity index (χ2n) is 17.4. The van der Waals surface area contributed by atoms with Crippen LogP contribution >= 0.6 is 0 Å². The number of carbonyl (C=O) groups is 3. The standard InChI is InChI=1S/C55H98O6/c1-4-7-10-13-16-19-22-24-26-28-30-33-36-39-42-45-48-54(57)60-51-52(50-59-53(56)47-44-41-38-35-32-21-18-15-12-9-6-3)61-55(58)49-46-43-40-37-34-31-29-27-25-23-20-17-14-11-8-5-2/h19-20,22-23,26-29,52H,4-18,21,24-25,30-51H2,1-3H3/b22-19-,23-20-,28-26-,29-27-. The van der Waals surface area contributed by atoms with Crippen LogP contribution < -0.4 is 0 Å². The van der Waals surface area contributed by atoms with E-state index in [0.717, 1.165) is 103 Å². The van der Waals surface area contributed by atoms with Gasteiger partial charge in [0.15, 0.2) is 6.10 Å². The summed E-state index contributed by atoms with van der Waals surface area (Å²) in [6.45, 7) is 6.58. The Hall–Kier alpha value is -2.63. The molecule has 6 heteroatoms. The summed E-state index contributed by atoms with van der Waals surface area (Å²) in [5.74, 6) is -0.903. The molecule has 0 rings (SSSR count). The average Bonchev–Trinajstić information content (AvgIpc) is 3.26. The van der Waals surface area contributed by atoms with Gasteiger partial charge in [-0.05, 0) is 83.5 Å². The van der Waals surface area contributed by atoms with Crippen LogP contribution in [-0.4, -0.2) is 37.2 Å². The first-order valence-electron chi connectivity index (χ1n) is 26.1. The van der Waals surface area contributed by atoms with Gasteiger partial charge >= 0.3 is 17.9 Å². The van der Waals surface area contributed by atoms with E-state index < -0.39 is 6.10 Å². The molecule has 0 amide bonds. The van der Waals surface area contributed by atoms with Gasteiger partial charge in [0.25, 0.3) is 0 Å². The van der Waals surface area contributed by atoms with Gasteiger partial charge in [0.05, 0.1) is 0 Å². The molecule has 1 atom stereocenters. The number of allylic oxidation sites excluding steroid dienone is 8. The second kappa shape index (κ2) is 50.0. The molecule has 0 saturated heterocycles. The average molecular weight is 855 g/mol. The van der Waals surface area contributed by atoms with Crippen molar-refractivity contribution in [2.24, 2.45) is 0 Å². The van der Waals surface area contributed by atoms with E-state index >= 15 is 0 Å². The molecule has 0 spiro atoms. The highest BCUT2D eigenvalue weighted by atomic mass is 16.6. The molecule has 0 aromatic rings. The van der Waals surface area contributed by atoms with Gasteiger partial charge in [-0.1, -0.05) is 211 Å². The van der Waals surface area contributed by atoms with Crippen LogP contribution in [0.25, 0.3) is 0 Å². The lowest BCUT2D eigenvalue weighted by Crippen LogP contribution is -2.30. The summed E-state index contributed by atoms with van der Waals surface area (Å²) in [6.07, 6.45) is 59.4. The van der Waals surface area contributed by atoms with Gasteiger partial charge in [-0.3, -0.25) is 14.4 Å². The van der Waals surface area contributed by atoms with Crippen molar-refractivity contribution < 1.29 is 28.6 Å². The Morgan fingerprint density at radius 1 is 0.328 bits per heavy atom. The molecule has 0 aromatic carbocycles. The van der Waals surface area contributed by atoms with Gasteiger partial charge in [-0.15, -0.1) is 0 Å². The number of esters is 3. The van der Waals surface area contributed by atoms with Crippen LogP contribution in [0.1, 0.15) is 265 Å². The normalized spacial score (nSPS) is 12.4. The fraction of sp³-hybridized carbons (Fsp3) is 0.800. The van der Waals surface area contributed by atoms with Crippen molar-refractivity contribution in [3.05, 3.63) is 48.6 Å². The van der Waals surface area contributed by atoms with E-state index in [1.165, 1.54) is 122 Å². The number of hydrogen-bond acceptors (Lipinski definition) is 6. The van der Waals surface area contributed by atoms with Crippen LogP contribution in [0, 0.1) is 0 Å². The van der Waals surface area contributed by atoms with Crippen LogP contribution in [-0.2, 0) is 28.6 Å². The molecular formula is C55H98O6. The molecule has 0 heterocycles. The Bertz CT molecular complexity index is 1070. The van der Waals surface area contributed by atoms with E-state index in [4.69, 9.17) is 14.2 Å². The van der Waals surface area contributed by atoms with Crippen molar-refractivity contribution >= 4 is 17.9 Å². The lowest BCUT2D eigenvalue weighted by molar-refractivity contribution is -0.167. The highest BCUT2D eigenvalue weighted by Gasteiger charge is 2.19. The zero-order valence-electron chi connectivity index (χ0n) is 40.4. The lowest BCUT2D eigenvalue weighted by atomic mass is 10.1. The molecule has 0 fully saturated rings. The molecule has 0 bridgehead atoms. The number of hydrogen-bond donors (Lipinski definition) is 0. The van der Waals surface area contributed by atoms with Gasteiger partial charge < -0.3 is 14.2 Å². The van der Waals surface area contributed by atoms with Crippen LogP contribution in [0.3, 0.4) is 0 Å². The van der Waals surface area contributed by atoms with Crippen molar-refractivity contribution in [1.82, 2.24) is 0 Å². The summed E-state index contributed by atoms with van der Waals surface area (Å²) in [5.41, 5.74) is 0. The quantitative estimate of drug-likeness (QED) is 0.0263. The smallest absolute Gasteiger partial charge is 0.306 e. The Morgan fingerprint density at radius 2 is 0.590 bits per heavy atom. The Kier molecular flexibility index (Phi) is 47.9. The van der Waals surface area contributed by atoms with Crippen LogP contribution in [0.5, 0.6) is 0 Å². The van der Waals surface area contributed by atoms with E-state index in [0.29, 0.717) is 19.3 Å². The minimum Gasteiger partial charge on any atom is -0.462 e. The van der Waals surface area contributed by atoms with Crippen LogP contribution in [0.15, 0.2) is 48.6 Å². The summed E-state index contributed by atoms with van der Waals surface area (Å²) >= 11 is 0. The summed E-state index contributed by atoms with van der Waals surface area (Å²) in [6, 6.07) is 0. The fourth-order valence-electron chi connectivity index (χ4n) is 7.33. The van der Waals surface area contributed by atoms with E-state index in [-0.39, 0.29) is 31.1 Å². The predicted molar refractivity (Wildman–Crippen MR) is 261 cm³/mol. The number of carbonyl (C=O) groups excluding carboxylic acids is 3. The molecule has 354 valence electrons. The molecule has 0 saturated carbocycles. The van der Waals surface area contributed by atoms with E-state index in [1.807, 2.05) is 0 Å². The maximum atomic E-state index is 12.8. The third-order valence-corrected chi connectivity index (χ3v) is 11.3. The zero-order valence-corrected chi connectivity index (χ0v) is 40.4. The van der Waals surface area contributed by atoms with Crippen molar-refractivity contribution in [2.45, 2.75) is 271 Å². The lowest BCUT2D eigenvalue weighted by Gasteiger charge is -2.18. The topological polar surface area (TPSA) is 78.9 Å². The Labute approximate surface area is 378 Å². The molecule has 0 aliphatic heterocycles. The van der Waals surface area contributed by atoms with Crippen molar-refractivity contribution in [2.75, 3.05) is 13.2 Å². The van der Waals surface area contributed by atoms with E-state index in [1.54, 1.807) is 0 Å². The van der Waals surface area contributed by atoms with E-state index in [2.05, 4.69) is 69.4 Å². The second-order valence-corrected chi connectivity index (χ2v) is 17.4. The van der Waals surface area contributed by atoms with Gasteiger partial charge in [0.2, 0.25) is 0 Å². The summed E-state index contributed by atoms with van der Waals surface area (Å²) < 4.78 is 16.8. The largest absolute Gasteiger partial charge is 0.462 e. The molecule has 0 aliphatic carbocycles. The Morgan fingerprint density at radius 3 is 0.918 bits per heavy atom. The minimum absolute atomic E-state index is 0.0814. The van der Waals surface area contributed by atoms with Crippen molar-refractivity contribution in [3.63, 3.8) is 0 Å². The Balaban J connectivity index is 4.40. The highest BCUT2D eigenvalue weighted by molar-refractivity contribution is 5.71. The molecule has 61 heavy (non-hydrogen) atoms. The van der Waals surface area contributed by atoms with Gasteiger partial charge in [0, 0.05) is 19.3 Å². The van der Waals surface area contributed by atoms with Crippen molar-refractivity contribution in [3.8, 4) is 0 Å². The molecule has 1 unspecified atom stereocenters. The first kappa shape index (κ1) is 58.4. The molecule has 6 nitrogen and oxygen atoms in total. The molecule has 0 radical (unpaired) electrons. The van der Waals surface area contributed by atoms with Crippen molar-refractivity contribution in [1.29, 1.82) is 0 Å². The summed E-state index contributed by atoms with van der Waals surface area (Å²) in [7, 11) is 0. The molecular weight excluding hydrogens is 757 g/mol. The summed E-state index contributed by atoms with van der Waals surface area (Å²) in [4.78, 5) is 37.9. The minimum atomic E-state index is -0.783. The van der Waals surface area contributed by atoms with Crippen LogP contribution in [0.2, 0.25) is 0 Å². The maximum absolute atomic E-state index is 12.8. The van der Waals surface area contributed by atoms with Crippen LogP contribution in [0.4, 0.5) is 0 Å². The van der Waals surface area contributed by atoms with Gasteiger partial charge in [-0.25, -0.2) is 0 Å². The molecule has 0 aliphatic rings. The third kappa shape index (κ3) is 48.3.